The molecule has 1 atom stereocenters. The van der Waals surface area contributed by atoms with Crippen molar-refractivity contribution in [3.63, 3.8) is 0 Å². The van der Waals surface area contributed by atoms with E-state index in [1.54, 1.807) is 0 Å². The van der Waals surface area contributed by atoms with Gasteiger partial charge in [0.2, 0.25) is 0 Å². The molecule has 104 valence electrons. The van der Waals surface area contributed by atoms with E-state index in [1.807, 2.05) is 12.1 Å². The molecule has 1 unspecified atom stereocenters. The fourth-order valence-corrected chi connectivity index (χ4v) is 3.15. The Bertz CT molecular complexity index is 427. The lowest BCUT2D eigenvalue weighted by molar-refractivity contribution is -0.145. The average Bonchev–Trinajstić information content (AvgIpc) is 2.47. The molecule has 0 aliphatic heterocycles. The molecule has 0 saturated heterocycles. The number of benzene rings is 1. The molecule has 1 aliphatic carbocycles. The molecule has 1 aromatic rings. The number of hydrogen-bond acceptors (Lipinski definition) is 1. The second kappa shape index (κ2) is 5.77. The van der Waals surface area contributed by atoms with Gasteiger partial charge in [-0.25, -0.2) is 0 Å². The van der Waals surface area contributed by atoms with Crippen molar-refractivity contribution in [3.8, 4) is 0 Å². The summed E-state index contributed by atoms with van der Waals surface area (Å²) in [5.74, 6) is -0.107. The molecule has 2 rings (SSSR count). The van der Waals surface area contributed by atoms with Gasteiger partial charge in [-0.15, -0.1) is 0 Å². The standard InChI is InChI=1S/C17H24O2/c1-3-13(2)14-7-9-15(10-8-14)17(16(18)19)11-5-4-6-12-17/h7-10,13H,3-6,11-12H2,1-2H3,(H,18,19). The zero-order chi connectivity index (χ0) is 13.9. The minimum absolute atomic E-state index is 0.543. The van der Waals surface area contributed by atoms with Gasteiger partial charge in [0.05, 0.1) is 5.41 Å². The van der Waals surface area contributed by atoms with Gasteiger partial charge in [0.15, 0.2) is 0 Å². The van der Waals surface area contributed by atoms with Crippen LogP contribution in [0.2, 0.25) is 0 Å². The fourth-order valence-electron chi connectivity index (χ4n) is 3.15. The van der Waals surface area contributed by atoms with E-state index in [0.717, 1.165) is 37.7 Å². The summed E-state index contributed by atoms with van der Waals surface area (Å²) in [6.07, 6.45) is 5.90. The highest BCUT2D eigenvalue weighted by Gasteiger charge is 2.41. The summed E-state index contributed by atoms with van der Waals surface area (Å²) in [5, 5.41) is 9.67. The number of carboxylic acids is 1. The van der Waals surface area contributed by atoms with Crippen molar-refractivity contribution in [2.75, 3.05) is 0 Å². The molecule has 0 bridgehead atoms. The van der Waals surface area contributed by atoms with Crippen LogP contribution < -0.4 is 0 Å². The molecular weight excluding hydrogens is 236 g/mol. The van der Waals surface area contributed by atoms with Gasteiger partial charge in [-0.3, -0.25) is 4.79 Å². The van der Waals surface area contributed by atoms with Gasteiger partial charge in [-0.1, -0.05) is 57.4 Å². The number of rotatable bonds is 4. The van der Waals surface area contributed by atoms with Crippen molar-refractivity contribution in [2.45, 2.75) is 63.7 Å². The zero-order valence-corrected chi connectivity index (χ0v) is 12.0. The van der Waals surface area contributed by atoms with Crippen LogP contribution in [0.3, 0.4) is 0 Å². The van der Waals surface area contributed by atoms with Crippen LogP contribution in [-0.2, 0) is 10.2 Å². The van der Waals surface area contributed by atoms with Crippen LogP contribution >= 0.6 is 0 Å². The van der Waals surface area contributed by atoms with E-state index >= 15 is 0 Å². The Balaban J connectivity index is 2.30. The van der Waals surface area contributed by atoms with Crippen LogP contribution in [0.1, 0.15) is 69.4 Å². The van der Waals surface area contributed by atoms with Gasteiger partial charge in [-0.2, -0.15) is 0 Å². The first kappa shape index (κ1) is 14.1. The Morgan fingerprint density at radius 2 is 1.79 bits per heavy atom. The molecule has 1 saturated carbocycles. The summed E-state index contributed by atoms with van der Waals surface area (Å²) in [6, 6.07) is 8.31. The Labute approximate surface area is 115 Å². The molecule has 2 heteroatoms. The van der Waals surface area contributed by atoms with Crippen molar-refractivity contribution in [2.24, 2.45) is 0 Å². The van der Waals surface area contributed by atoms with E-state index in [9.17, 15) is 9.90 Å². The second-order valence-electron chi connectivity index (χ2n) is 5.88. The van der Waals surface area contributed by atoms with Crippen molar-refractivity contribution >= 4 is 5.97 Å². The lowest BCUT2D eigenvalue weighted by atomic mass is 9.69. The van der Waals surface area contributed by atoms with Crippen LogP contribution in [0.5, 0.6) is 0 Å². The predicted molar refractivity (Wildman–Crippen MR) is 77.5 cm³/mol. The molecule has 1 aromatic carbocycles. The van der Waals surface area contributed by atoms with Gasteiger partial charge < -0.3 is 5.11 Å². The van der Waals surface area contributed by atoms with Crippen LogP contribution in [-0.4, -0.2) is 11.1 Å². The van der Waals surface area contributed by atoms with Crippen LogP contribution in [0.4, 0.5) is 0 Å². The lowest BCUT2D eigenvalue weighted by Gasteiger charge is -2.33. The van der Waals surface area contributed by atoms with E-state index in [0.29, 0.717) is 5.92 Å². The molecule has 0 spiro atoms. The highest BCUT2D eigenvalue weighted by Crippen LogP contribution is 2.40. The third-order valence-corrected chi connectivity index (χ3v) is 4.76. The first-order valence-electron chi connectivity index (χ1n) is 7.44. The fraction of sp³-hybridized carbons (Fsp3) is 0.588. The Kier molecular flexibility index (Phi) is 4.28. The van der Waals surface area contributed by atoms with Crippen LogP contribution in [0.15, 0.2) is 24.3 Å². The van der Waals surface area contributed by atoms with E-state index in [-0.39, 0.29) is 0 Å². The summed E-state index contributed by atoms with van der Waals surface area (Å²) in [6.45, 7) is 4.39. The predicted octanol–water partition coefficient (Wildman–Crippen LogP) is 4.49. The SMILES string of the molecule is CCC(C)c1ccc(C2(C(=O)O)CCCCC2)cc1. The average molecular weight is 260 g/mol. The zero-order valence-electron chi connectivity index (χ0n) is 12.0. The smallest absolute Gasteiger partial charge is 0.314 e. The van der Waals surface area contributed by atoms with Gasteiger partial charge in [-0.05, 0) is 36.3 Å². The highest BCUT2D eigenvalue weighted by atomic mass is 16.4. The minimum atomic E-state index is -0.650. The molecule has 1 fully saturated rings. The van der Waals surface area contributed by atoms with Crippen LogP contribution in [0, 0.1) is 0 Å². The molecule has 2 nitrogen and oxygen atoms in total. The Morgan fingerprint density at radius 3 is 2.26 bits per heavy atom. The third kappa shape index (κ3) is 2.68. The second-order valence-corrected chi connectivity index (χ2v) is 5.88. The van der Waals surface area contributed by atoms with E-state index in [1.165, 1.54) is 12.0 Å². The normalized spacial score (nSPS) is 19.9. The summed E-state index contributed by atoms with van der Waals surface area (Å²) < 4.78 is 0. The maximum absolute atomic E-state index is 11.8. The number of carbonyl (C=O) groups is 1. The van der Waals surface area contributed by atoms with Crippen molar-refractivity contribution in [1.29, 1.82) is 0 Å². The van der Waals surface area contributed by atoms with E-state index in [2.05, 4.69) is 26.0 Å². The molecule has 0 aromatic heterocycles. The van der Waals surface area contributed by atoms with Gasteiger partial charge in [0.1, 0.15) is 0 Å². The molecular formula is C17H24O2. The van der Waals surface area contributed by atoms with Crippen molar-refractivity contribution in [3.05, 3.63) is 35.4 Å². The molecule has 0 heterocycles. The van der Waals surface area contributed by atoms with E-state index in [4.69, 9.17) is 0 Å². The molecule has 19 heavy (non-hydrogen) atoms. The maximum atomic E-state index is 11.8. The maximum Gasteiger partial charge on any atom is 0.314 e. The largest absolute Gasteiger partial charge is 0.481 e. The molecule has 0 amide bonds. The lowest BCUT2D eigenvalue weighted by Crippen LogP contribution is -2.37. The molecule has 1 N–H and O–H groups in total. The van der Waals surface area contributed by atoms with Gasteiger partial charge in [0.25, 0.3) is 0 Å². The van der Waals surface area contributed by atoms with Crippen LogP contribution in [0.25, 0.3) is 0 Å². The monoisotopic (exact) mass is 260 g/mol. The van der Waals surface area contributed by atoms with Gasteiger partial charge in [0, 0.05) is 0 Å². The first-order chi connectivity index (χ1) is 9.10. The first-order valence-corrected chi connectivity index (χ1v) is 7.44. The Hall–Kier alpha value is -1.31. The quantitative estimate of drug-likeness (QED) is 0.866. The summed E-state index contributed by atoms with van der Waals surface area (Å²) in [4.78, 5) is 11.8. The van der Waals surface area contributed by atoms with Gasteiger partial charge >= 0.3 is 5.97 Å². The molecule has 0 radical (unpaired) electrons. The number of hydrogen-bond donors (Lipinski definition) is 1. The Morgan fingerprint density at radius 1 is 1.21 bits per heavy atom. The third-order valence-electron chi connectivity index (χ3n) is 4.76. The van der Waals surface area contributed by atoms with Crippen molar-refractivity contribution in [1.82, 2.24) is 0 Å². The van der Waals surface area contributed by atoms with E-state index < -0.39 is 11.4 Å². The molecule has 1 aliphatic rings. The summed E-state index contributed by atoms with van der Waals surface area (Å²) in [7, 11) is 0. The van der Waals surface area contributed by atoms with Crippen molar-refractivity contribution < 1.29 is 9.90 Å². The summed E-state index contributed by atoms with van der Waals surface area (Å²) in [5.41, 5.74) is 1.67. The number of carboxylic acid groups (broad SMARTS) is 1. The summed E-state index contributed by atoms with van der Waals surface area (Å²) >= 11 is 0. The minimum Gasteiger partial charge on any atom is -0.481 e. The topological polar surface area (TPSA) is 37.3 Å². The number of aliphatic carboxylic acids is 1. The highest BCUT2D eigenvalue weighted by molar-refractivity contribution is 5.81.